The number of carbonyl (C=O) groups excluding carboxylic acids is 1. The summed E-state index contributed by atoms with van der Waals surface area (Å²) in [5, 5.41) is 9.82. The number of hydrogen-bond donors (Lipinski definition) is 2. The van der Waals surface area contributed by atoms with Crippen molar-refractivity contribution in [2.24, 2.45) is 0 Å². The molecule has 6 heteroatoms. The predicted molar refractivity (Wildman–Crippen MR) is 90.6 cm³/mol. The van der Waals surface area contributed by atoms with Crippen LogP contribution < -0.4 is 10.6 Å². The van der Waals surface area contributed by atoms with E-state index in [0.29, 0.717) is 18.1 Å². The first-order valence-electron chi connectivity index (χ1n) is 7.77. The Bertz CT molecular complexity index is 668. The molecular formula is C16H19N3OS2. The summed E-state index contributed by atoms with van der Waals surface area (Å²) in [5.41, 5.74) is 0.836. The lowest BCUT2D eigenvalue weighted by Gasteiger charge is -2.29. The van der Waals surface area contributed by atoms with Crippen molar-refractivity contribution in [3.8, 4) is 9.88 Å². The molecular weight excluding hydrogens is 314 g/mol. The first-order valence-corrected chi connectivity index (χ1v) is 9.47. The van der Waals surface area contributed by atoms with Gasteiger partial charge in [0.2, 0.25) is 0 Å². The van der Waals surface area contributed by atoms with Crippen LogP contribution in [-0.4, -0.2) is 29.0 Å². The number of rotatable bonds is 3. The highest BCUT2D eigenvalue weighted by atomic mass is 32.1. The number of carbonyl (C=O) groups is 1. The fraction of sp³-hybridized carbons (Fsp3) is 0.500. The van der Waals surface area contributed by atoms with E-state index < -0.39 is 0 Å². The van der Waals surface area contributed by atoms with Crippen LogP contribution in [0.3, 0.4) is 0 Å². The summed E-state index contributed by atoms with van der Waals surface area (Å²) in [6.45, 7) is 1.93. The molecule has 2 aliphatic rings. The minimum absolute atomic E-state index is 0.0455. The zero-order valence-electron chi connectivity index (χ0n) is 12.5. The molecule has 2 aliphatic heterocycles. The zero-order valence-corrected chi connectivity index (χ0v) is 14.1. The summed E-state index contributed by atoms with van der Waals surface area (Å²) in [4.78, 5) is 19.0. The largest absolute Gasteiger partial charge is 0.348 e. The first-order chi connectivity index (χ1) is 10.7. The fourth-order valence-electron chi connectivity index (χ4n) is 3.54. The third-order valence-corrected chi connectivity index (χ3v) is 6.74. The molecule has 2 unspecified atom stereocenters. The summed E-state index contributed by atoms with van der Waals surface area (Å²) in [5.74, 6) is 0.0455. The molecule has 2 aromatic heterocycles. The maximum absolute atomic E-state index is 12.6. The third-order valence-electron chi connectivity index (χ3n) is 4.54. The normalized spacial score (nSPS) is 27.0. The van der Waals surface area contributed by atoms with Gasteiger partial charge < -0.3 is 10.6 Å². The van der Waals surface area contributed by atoms with Crippen molar-refractivity contribution in [1.29, 1.82) is 0 Å². The molecule has 0 spiro atoms. The van der Waals surface area contributed by atoms with E-state index in [4.69, 9.17) is 0 Å². The smallest absolute Gasteiger partial charge is 0.263 e. The van der Waals surface area contributed by atoms with Crippen molar-refractivity contribution in [2.45, 2.75) is 50.7 Å². The van der Waals surface area contributed by atoms with Gasteiger partial charge in [0.15, 0.2) is 0 Å². The van der Waals surface area contributed by atoms with Crippen LogP contribution in [-0.2, 0) is 0 Å². The van der Waals surface area contributed by atoms with Gasteiger partial charge >= 0.3 is 0 Å². The van der Waals surface area contributed by atoms with E-state index in [2.05, 4.69) is 21.7 Å². The van der Waals surface area contributed by atoms with Gasteiger partial charge in [0.05, 0.1) is 10.6 Å². The summed E-state index contributed by atoms with van der Waals surface area (Å²) < 4.78 is 0. The van der Waals surface area contributed by atoms with Crippen LogP contribution in [0.25, 0.3) is 9.88 Å². The second kappa shape index (κ2) is 5.76. The SMILES string of the molecule is Cc1nc(-c2cccs2)sc1C(=O)NC1CC2CCC(C1)N2. The number of fused-ring (bicyclic) bond motifs is 2. The molecule has 0 radical (unpaired) electrons. The molecule has 116 valence electrons. The van der Waals surface area contributed by atoms with Crippen molar-refractivity contribution in [3.63, 3.8) is 0 Å². The summed E-state index contributed by atoms with van der Waals surface area (Å²) in [7, 11) is 0. The number of nitrogens with one attached hydrogen (secondary N) is 2. The Morgan fingerprint density at radius 1 is 1.36 bits per heavy atom. The number of nitrogens with zero attached hydrogens (tertiary/aromatic N) is 1. The number of hydrogen-bond acceptors (Lipinski definition) is 5. The van der Waals surface area contributed by atoms with Crippen LogP contribution in [0, 0.1) is 6.92 Å². The van der Waals surface area contributed by atoms with Crippen molar-refractivity contribution >= 4 is 28.6 Å². The number of thiophene rings is 1. The van der Waals surface area contributed by atoms with Crippen molar-refractivity contribution < 1.29 is 4.79 Å². The molecule has 22 heavy (non-hydrogen) atoms. The molecule has 2 fully saturated rings. The maximum atomic E-state index is 12.6. The Balaban J connectivity index is 1.48. The molecule has 2 saturated heterocycles. The van der Waals surface area contributed by atoms with Crippen LogP contribution in [0.4, 0.5) is 0 Å². The van der Waals surface area contributed by atoms with Crippen molar-refractivity contribution in [1.82, 2.24) is 15.6 Å². The highest BCUT2D eigenvalue weighted by Gasteiger charge is 2.34. The maximum Gasteiger partial charge on any atom is 0.263 e. The zero-order chi connectivity index (χ0) is 15.1. The monoisotopic (exact) mass is 333 g/mol. The van der Waals surface area contributed by atoms with Gasteiger partial charge in [-0.05, 0) is 44.1 Å². The van der Waals surface area contributed by atoms with Crippen LogP contribution in [0.2, 0.25) is 0 Å². The quantitative estimate of drug-likeness (QED) is 0.907. The molecule has 0 saturated carbocycles. The van der Waals surface area contributed by atoms with Crippen LogP contribution in [0.15, 0.2) is 17.5 Å². The lowest BCUT2D eigenvalue weighted by atomic mass is 10.00. The molecule has 2 atom stereocenters. The highest BCUT2D eigenvalue weighted by Crippen LogP contribution is 2.32. The van der Waals surface area contributed by atoms with E-state index in [0.717, 1.165) is 33.3 Å². The van der Waals surface area contributed by atoms with E-state index in [-0.39, 0.29) is 5.91 Å². The van der Waals surface area contributed by atoms with E-state index in [1.165, 1.54) is 24.2 Å². The Hall–Kier alpha value is -1.24. The molecule has 4 heterocycles. The second-order valence-corrected chi connectivity index (χ2v) is 8.14. The van der Waals surface area contributed by atoms with Crippen LogP contribution >= 0.6 is 22.7 Å². The predicted octanol–water partition coefficient (Wildman–Crippen LogP) is 3.19. The van der Waals surface area contributed by atoms with E-state index in [1.54, 1.807) is 11.3 Å². The highest BCUT2D eigenvalue weighted by molar-refractivity contribution is 7.22. The average Bonchev–Trinajstić information content (AvgIpc) is 3.19. The van der Waals surface area contributed by atoms with E-state index in [1.807, 2.05) is 18.4 Å². The van der Waals surface area contributed by atoms with Crippen molar-refractivity contribution in [2.75, 3.05) is 0 Å². The van der Waals surface area contributed by atoms with Crippen LogP contribution in [0.1, 0.15) is 41.0 Å². The molecule has 1 amide bonds. The number of aryl methyl sites for hydroxylation is 1. The molecule has 4 rings (SSSR count). The summed E-state index contributed by atoms with van der Waals surface area (Å²) in [6, 6.07) is 5.55. The summed E-state index contributed by atoms with van der Waals surface area (Å²) in [6.07, 6.45) is 4.61. The van der Waals surface area contributed by atoms with Crippen LogP contribution in [0.5, 0.6) is 0 Å². The fourth-order valence-corrected chi connectivity index (χ4v) is 5.30. The van der Waals surface area contributed by atoms with Gasteiger partial charge in [-0.1, -0.05) is 6.07 Å². The Morgan fingerprint density at radius 2 is 2.14 bits per heavy atom. The lowest BCUT2D eigenvalue weighted by Crippen LogP contribution is -2.48. The minimum atomic E-state index is 0.0455. The van der Waals surface area contributed by atoms with Gasteiger partial charge in [-0.3, -0.25) is 4.79 Å². The van der Waals surface area contributed by atoms with Gasteiger partial charge in [0.25, 0.3) is 5.91 Å². The van der Waals surface area contributed by atoms with Gasteiger partial charge in [0.1, 0.15) is 9.88 Å². The number of thiazole rings is 1. The Labute approximate surface area is 138 Å². The second-order valence-electron chi connectivity index (χ2n) is 6.19. The number of aromatic nitrogens is 1. The number of amides is 1. The van der Waals surface area contributed by atoms with Gasteiger partial charge in [-0.2, -0.15) is 0 Å². The molecule has 2 bridgehead atoms. The summed E-state index contributed by atoms with van der Waals surface area (Å²) >= 11 is 3.16. The first kappa shape index (κ1) is 14.4. The molecule has 2 N–H and O–H groups in total. The lowest BCUT2D eigenvalue weighted by molar-refractivity contribution is 0.0927. The molecule has 0 aromatic carbocycles. The molecule has 2 aromatic rings. The molecule has 4 nitrogen and oxygen atoms in total. The number of piperidine rings is 1. The van der Waals surface area contributed by atoms with Gasteiger partial charge in [0, 0.05) is 18.1 Å². The van der Waals surface area contributed by atoms with E-state index >= 15 is 0 Å². The minimum Gasteiger partial charge on any atom is -0.348 e. The standard InChI is InChI=1S/C16H19N3OS2/c1-9-14(22-16(17-9)13-3-2-6-21-13)15(20)19-12-7-10-4-5-11(8-12)18-10/h2-3,6,10-12,18H,4-5,7-8H2,1H3,(H,19,20). The third kappa shape index (κ3) is 2.71. The Kier molecular flexibility index (Phi) is 3.76. The van der Waals surface area contributed by atoms with Crippen molar-refractivity contribution in [3.05, 3.63) is 28.1 Å². The molecule has 0 aliphatic carbocycles. The van der Waals surface area contributed by atoms with E-state index in [9.17, 15) is 4.79 Å². The topological polar surface area (TPSA) is 54.0 Å². The average molecular weight is 333 g/mol. The Morgan fingerprint density at radius 3 is 2.82 bits per heavy atom. The van der Waals surface area contributed by atoms with Gasteiger partial charge in [-0.15, -0.1) is 22.7 Å². The van der Waals surface area contributed by atoms with Gasteiger partial charge in [-0.25, -0.2) is 4.98 Å².